The third-order valence-corrected chi connectivity index (χ3v) is 2.88. The summed E-state index contributed by atoms with van der Waals surface area (Å²) >= 11 is 0. The van der Waals surface area contributed by atoms with Gasteiger partial charge in [0.15, 0.2) is 5.82 Å². The third kappa shape index (κ3) is 3.82. The summed E-state index contributed by atoms with van der Waals surface area (Å²) in [6, 6.07) is 1.78. The molecule has 0 unspecified atom stereocenters. The minimum absolute atomic E-state index is 0.0252. The molecule has 1 aromatic heterocycles. The second kappa shape index (κ2) is 5.97. The molecule has 1 aliphatic rings. The molecule has 1 aliphatic heterocycles. The van der Waals surface area contributed by atoms with Gasteiger partial charge in [-0.1, -0.05) is 0 Å². The van der Waals surface area contributed by atoms with E-state index in [-0.39, 0.29) is 12.0 Å². The first kappa shape index (κ1) is 13.0. The number of carbonyl (C=O) groups is 1. The number of hydrogen-bond donors (Lipinski definition) is 1. The maximum absolute atomic E-state index is 11.9. The Bertz CT molecular complexity index is 405. The molecule has 6 nitrogen and oxygen atoms in total. The molecular formula is C12H20N4O2. The maximum atomic E-state index is 11.9. The molecule has 6 heteroatoms. The van der Waals surface area contributed by atoms with Crippen LogP contribution in [0, 0.1) is 0 Å². The van der Waals surface area contributed by atoms with E-state index in [1.54, 1.807) is 16.9 Å². The van der Waals surface area contributed by atoms with Crippen LogP contribution in [0.2, 0.25) is 0 Å². The highest BCUT2D eigenvalue weighted by molar-refractivity contribution is 5.91. The number of anilines is 1. The number of nitrogens with zero attached hydrogens (tertiary/aromatic N) is 3. The Hall–Kier alpha value is -1.40. The van der Waals surface area contributed by atoms with Crippen LogP contribution in [0.4, 0.5) is 5.82 Å². The highest BCUT2D eigenvalue weighted by atomic mass is 16.5. The van der Waals surface area contributed by atoms with Crippen molar-refractivity contribution in [3.8, 4) is 0 Å². The molecule has 2 heterocycles. The van der Waals surface area contributed by atoms with E-state index in [4.69, 9.17) is 4.74 Å². The molecule has 0 bridgehead atoms. The first-order chi connectivity index (χ1) is 8.63. The lowest BCUT2D eigenvalue weighted by Crippen LogP contribution is -2.37. The van der Waals surface area contributed by atoms with Crippen molar-refractivity contribution in [2.24, 2.45) is 7.05 Å². The van der Waals surface area contributed by atoms with Crippen LogP contribution >= 0.6 is 0 Å². The number of carbonyl (C=O) groups excluding carboxylic acids is 1. The van der Waals surface area contributed by atoms with Crippen molar-refractivity contribution in [2.75, 3.05) is 31.6 Å². The minimum atomic E-state index is -0.0252. The summed E-state index contributed by atoms with van der Waals surface area (Å²) in [5.74, 6) is 0.574. The van der Waals surface area contributed by atoms with Crippen LogP contribution < -0.4 is 5.32 Å². The van der Waals surface area contributed by atoms with Gasteiger partial charge in [0.25, 0.3) is 0 Å². The summed E-state index contributed by atoms with van der Waals surface area (Å²) in [7, 11) is 1.82. The zero-order valence-corrected chi connectivity index (χ0v) is 10.9. The normalized spacial score (nSPS) is 21.6. The monoisotopic (exact) mass is 252 g/mol. The number of amides is 1. The molecule has 0 radical (unpaired) electrons. The van der Waals surface area contributed by atoms with Gasteiger partial charge in [-0.2, -0.15) is 5.10 Å². The molecular weight excluding hydrogens is 232 g/mol. The molecule has 0 aromatic carbocycles. The van der Waals surface area contributed by atoms with Gasteiger partial charge in [0.1, 0.15) is 0 Å². The Labute approximate surface area is 107 Å². The zero-order chi connectivity index (χ0) is 13.0. The molecule has 0 saturated carbocycles. The van der Waals surface area contributed by atoms with E-state index in [1.165, 1.54) is 0 Å². The van der Waals surface area contributed by atoms with E-state index in [2.05, 4.69) is 15.3 Å². The standard InChI is InChI=1S/C12H20N4O2/c1-10-8-16(5-3-7-18-10)9-12(17)13-11-4-6-15(2)14-11/h4,6,10H,3,5,7-9H2,1-2H3,(H,13,14,17)/t10-/m1/s1. The summed E-state index contributed by atoms with van der Waals surface area (Å²) in [5, 5.41) is 6.91. The molecule has 1 fully saturated rings. The van der Waals surface area contributed by atoms with Crippen molar-refractivity contribution in [3.63, 3.8) is 0 Å². The second-order valence-electron chi connectivity index (χ2n) is 4.69. The largest absolute Gasteiger partial charge is 0.377 e. The van der Waals surface area contributed by atoms with Gasteiger partial charge in [-0.05, 0) is 13.3 Å². The first-order valence-corrected chi connectivity index (χ1v) is 6.27. The summed E-state index contributed by atoms with van der Waals surface area (Å²) in [4.78, 5) is 14.0. The van der Waals surface area contributed by atoms with Gasteiger partial charge in [0.05, 0.1) is 12.6 Å². The summed E-state index contributed by atoms with van der Waals surface area (Å²) in [6.45, 7) is 4.91. The quantitative estimate of drug-likeness (QED) is 0.849. The Balaban J connectivity index is 1.82. The summed E-state index contributed by atoms with van der Waals surface area (Å²) in [6.07, 6.45) is 2.97. The van der Waals surface area contributed by atoms with Crippen molar-refractivity contribution >= 4 is 11.7 Å². The summed E-state index contributed by atoms with van der Waals surface area (Å²) in [5.41, 5.74) is 0. The predicted octanol–water partition coefficient (Wildman–Crippen LogP) is 0.469. The van der Waals surface area contributed by atoms with Gasteiger partial charge in [-0.3, -0.25) is 14.4 Å². The lowest BCUT2D eigenvalue weighted by Gasteiger charge is -2.20. The van der Waals surface area contributed by atoms with Gasteiger partial charge in [-0.25, -0.2) is 0 Å². The molecule has 1 aromatic rings. The van der Waals surface area contributed by atoms with E-state index >= 15 is 0 Å². The third-order valence-electron chi connectivity index (χ3n) is 2.88. The molecule has 0 spiro atoms. The molecule has 100 valence electrons. The van der Waals surface area contributed by atoms with Crippen molar-refractivity contribution in [3.05, 3.63) is 12.3 Å². The molecule has 2 rings (SSSR count). The fourth-order valence-corrected chi connectivity index (χ4v) is 2.09. The number of ether oxygens (including phenoxy) is 1. The number of aryl methyl sites for hydroxylation is 1. The van der Waals surface area contributed by atoms with Crippen molar-refractivity contribution in [1.82, 2.24) is 14.7 Å². The highest BCUT2D eigenvalue weighted by Gasteiger charge is 2.17. The smallest absolute Gasteiger partial charge is 0.239 e. The van der Waals surface area contributed by atoms with E-state index in [9.17, 15) is 4.79 Å². The number of nitrogens with one attached hydrogen (secondary N) is 1. The number of hydrogen-bond acceptors (Lipinski definition) is 4. The van der Waals surface area contributed by atoms with Crippen LogP contribution in [0.25, 0.3) is 0 Å². The van der Waals surface area contributed by atoms with Gasteiger partial charge in [-0.15, -0.1) is 0 Å². The average molecular weight is 252 g/mol. The van der Waals surface area contributed by atoms with E-state index in [0.29, 0.717) is 12.4 Å². The van der Waals surface area contributed by atoms with Gasteiger partial charge < -0.3 is 10.1 Å². The van der Waals surface area contributed by atoms with Gasteiger partial charge in [0.2, 0.25) is 5.91 Å². The van der Waals surface area contributed by atoms with Crippen LogP contribution in [-0.4, -0.2) is 52.9 Å². The SMILES string of the molecule is C[C@@H]1CN(CC(=O)Nc2ccn(C)n2)CCCO1. The van der Waals surface area contributed by atoms with Crippen molar-refractivity contribution in [2.45, 2.75) is 19.4 Å². The van der Waals surface area contributed by atoms with E-state index in [0.717, 1.165) is 26.1 Å². The number of aromatic nitrogens is 2. The molecule has 1 amide bonds. The van der Waals surface area contributed by atoms with E-state index < -0.39 is 0 Å². The Morgan fingerprint density at radius 1 is 1.67 bits per heavy atom. The first-order valence-electron chi connectivity index (χ1n) is 6.27. The van der Waals surface area contributed by atoms with Crippen molar-refractivity contribution < 1.29 is 9.53 Å². The lowest BCUT2D eigenvalue weighted by atomic mass is 10.3. The fourth-order valence-electron chi connectivity index (χ4n) is 2.09. The van der Waals surface area contributed by atoms with Crippen LogP contribution in [0.5, 0.6) is 0 Å². The topological polar surface area (TPSA) is 59.4 Å². The Morgan fingerprint density at radius 3 is 3.22 bits per heavy atom. The van der Waals surface area contributed by atoms with Crippen LogP contribution in [0.3, 0.4) is 0 Å². The number of rotatable bonds is 3. The van der Waals surface area contributed by atoms with E-state index in [1.807, 2.05) is 14.0 Å². The van der Waals surface area contributed by atoms with Crippen LogP contribution in [0.15, 0.2) is 12.3 Å². The van der Waals surface area contributed by atoms with Gasteiger partial charge in [0, 0.05) is 39.0 Å². The molecule has 1 saturated heterocycles. The Kier molecular flexibility index (Phi) is 4.33. The molecule has 18 heavy (non-hydrogen) atoms. The average Bonchev–Trinajstić information content (AvgIpc) is 2.57. The fraction of sp³-hybridized carbons (Fsp3) is 0.667. The summed E-state index contributed by atoms with van der Waals surface area (Å²) < 4.78 is 7.21. The Morgan fingerprint density at radius 2 is 2.50 bits per heavy atom. The molecule has 1 atom stereocenters. The second-order valence-corrected chi connectivity index (χ2v) is 4.69. The highest BCUT2D eigenvalue weighted by Crippen LogP contribution is 2.06. The molecule has 0 aliphatic carbocycles. The minimum Gasteiger partial charge on any atom is -0.377 e. The molecule has 1 N–H and O–H groups in total. The zero-order valence-electron chi connectivity index (χ0n) is 10.9. The predicted molar refractivity (Wildman–Crippen MR) is 68.3 cm³/mol. The maximum Gasteiger partial charge on any atom is 0.239 e. The van der Waals surface area contributed by atoms with Gasteiger partial charge >= 0.3 is 0 Å². The van der Waals surface area contributed by atoms with Crippen LogP contribution in [0.1, 0.15) is 13.3 Å². The van der Waals surface area contributed by atoms with Crippen LogP contribution in [-0.2, 0) is 16.6 Å². The van der Waals surface area contributed by atoms with Crippen molar-refractivity contribution in [1.29, 1.82) is 0 Å². The lowest BCUT2D eigenvalue weighted by molar-refractivity contribution is -0.117.